The summed E-state index contributed by atoms with van der Waals surface area (Å²) in [4.78, 5) is 11.1. The number of nitrogens with zero attached hydrogens (tertiary/aromatic N) is 3. The van der Waals surface area contributed by atoms with E-state index in [1.165, 1.54) is 0 Å². The van der Waals surface area contributed by atoms with Crippen molar-refractivity contribution in [1.29, 1.82) is 0 Å². The molecule has 1 heterocycles. The van der Waals surface area contributed by atoms with Gasteiger partial charge in [0.25, 0.3) is 0 Å². The van der Waals surface area contributed by atoms with Crippen molar-refractivity contribution >= 4 is 29.1 Å². The number of thioether (sulfide) groups is 1. The molecule has 0 aromatic carbocycles. The van der Waals surface area contributed by atoms with Gasteiger partial charge in [0.1, 0.15) is 4.34 Å². The molecule has 0 saturated heterocycles. The van der Waals surface area contributed by atoms with Gasteiger partial charge in [0.2, 0.25) is 0 Å². The summed E-state index contributed by atoms with van der Waals surface area (Å²) in [6, 6.07) is 1.19. The molecule has 1 rings (SSSR count). The van der Waals surface area contributed by atoms with Crippen molar-refractivity contribution in [2.24, 2.45) is 4.99 Å². The lowest BCUT2D eigenvalue weighted by molar-refractivity contribution is 0.173. The van der Waals surface area contributed by atoms with E-state index in [-0.39, 0.29) is 0 Å². The van der Waals surface area contributed by atoms with Crippen LogP contribution < -0.4 is 10.6 Å². The largest absolute Gasteiger partial charge is 0.356 e. The lowest BCUT2D eigenvalue weighted by atomic mass is 10.2. The highest BCUT2D eigenvalue weighted by molar-refractivity contribution is 8.00. The van der Waals surface area contributed by atoms with Crippen molar-refractivity contribution in [3.05, 3.63) is 11.6 Å². The molecule has 0 atom stereocenters. The van der Waals surface area contributed by atoms with Crippen LogP contribution in [0.5, 0.6) is 0 Å². The molecule has 2 N–H and O–H groups in total. The summed E-state index contributed by atoms with van der Waals surface area (Å²) < 4.78 is 1.15. The van der Waals surface area contributed by atoms with Gasteiger partial charge in [0.15, 0.2) is 5.96 Å². The number of hydrogen-bond donors (Lipinski definition) is 2. The summed E-state index contributed by atoms with van der Waals surface area (Å²) in [6.07, 6.45) is 4.08. The Labute approximate surface area is 155 Å². The third kappa shape index (κ3) is 8.89. The fraction of sp³-hybridized carbons (Fsp3) is 0.765. The molecule has 0 amide bonds. The first-order chi connectivity index (χ1) is 11.5. The van der Waals surface area contributed by atoms with E-state index in [2.05, 4.69) is 53.2 Å². The quantitative estimate of drug-likeness (QED) is 0.270. The van der Waals surface area contributed by atoms with Crippen LogP contribution in [0.25, 0.3) is 0 Å². The topological polar surface area (TPSA) is 52.6 Å². The minimum absolute atomic E-state index is 0.595. The fourth-order valence-corrected chi connectivity index (χ4v) is 4.17. The van der Waals surface area contributed by atoms with Gasteiger partial charge in [0, 0.05) is 56.1 Å². The molecule has 1 aromatic heterocycles. The van der Waals surface area contributed by atoms with Crippen LogP contribution in [0.1, 0.15) is 40.5 Å². The van der Waals surface area contributed by atoms with E-state index in [1.54, 1.807) is 11.3 Å². The molecule has 0 bridgehead atoms. The molecule has 0 fully saturated rings. The average molecular weight is 372 g/mol. The van der Waals surface area contributed by atoms with Gasteiger partial charge in [-0.15, -0.1) is 11.3 Å². The number of hydrogen-bond acceptors (Lipinski definition) is 5. The van der Waals surface area contributed by atoms with E-state index in [0.717, 1.165) is 48.5 Å². The zero-order valence-electron chi connectivity index (χ0n) is 15.7. The highest BCUT2D eigenvalue weighted by Crippen LogP contribution is 2.20. The molecule has 7 heteroatoms. The Kier molecular flexibility index (Phi) is 11.1. The SMILES string of the molecule is CN=C(NCCCSc1nccs1)NCCCN(C(C)C)C(C)C. The Bertz CT molecular complexity index is 438. The number of thiazole rings is 1. The van der Waals surface area contributed by atoms with Crippen molar-refractivity contribution in [2.45, 2.75) is 57.0 Å². The van der Waals surface area contributed by atoms with Crippen molar-refractivity contribution < 1.29 is 0 Å². The number of guanidine groups is 1. The first-order valence-electron chi connectivity index (χ1n) is 8.77. The Hall–Kier alpha value is -0.790. The standard InChI is InChI=1S/C17H33N5S2/c1-14(2)22(15(3)4)11-6-8-19-16(18-5)20-9-7-12-23-17-21-10-13-24-17/h10,13-15H,6-9,11-12H2,1-5H3,(H2,18,19,20). The van der Waals surface area contributed by atoms with Gasteiger partial charge >= 0.3 is 0 Å². The maximum Gasteiger partial charge on any atom is 0.190 e. The van der Waals surface area contributed by atoms with Crippen LogP contribution in [-0.2, 0) is 0 Å². The van der Waals surface area contributed by atoms with Crippen molar-refractivity contribution in [2.75, 3.05) is 32.4 Å². The second kappa shape index (κ2) is 12.6. The van der Waals surface area contributed by atoms with E-state index >= 15 is 0 Å². The summed E-state index contributed by atoms with van der Waals surface area (Å²) in [5.74, 6) is 1.98. The monoisotopic (exact) mass is 371 g/mol. The zero-order chi connectivity index (χ0) is 17.8. The van der Waals surface area contributed by atoms with Gasteiger partial charge in [-0.2, -0.15) is 0 Å². The van der Waals surface area contributed by atoms with E-state index in [9.17, 15) is 0 Å². The van der Waals surface area contributed by atoms with Crippen LogP contribution in [0.2, 0.25) is 0 Å². The van der Waals surface area contributed by atoms with Crippen LogP contribution >= 0.6 is 23.1 Å². The van der Waals surface area contributed by atoms with Gasteiger partial charge in [-0.1, -0.05) is 11.8 Å². The number of aliphatic imine (C=N–C) groups is 1. The van der Waals surface area contributed by atoms with Crippen LogP contribution in [-0.4, -0.2) is 60.4 Å². The minimum Gasteiger partial charge on any atom is -0.356 e. The fourth-order valence-electron chi connectivity index (χ4n) is 2.52. The molecule has 0 radical (unpaired) electrons. The predicted octanol–water partition coefficient (Wildman–Crippen LogP) is 3.30. The summed E-state index contributed by atoms with van der Waals surface area (Å²) in [5.41, 5.74) is 0. The van der Waals surface area contributed by atoms with Crippen LogP contribution in [0, 0.1) is 0 Å². The van der Waals surface area contributed by atoms with Crippen molar-refractivity contribution in [1.82, 2.24) is 20.5 Å². The van der Waals surface area contributed by atoms with E-state index in [0.29, 0.717) is 12.1 Å². The molecule has 0 spiro atoms. The Morgan fingerprint density at radius 2 is 1.88 bits per heavy atom. The van der Waals surface area contributed by atoms with E-state index in [1.807, 2.05) is 30.4 Å². The summed E-state index contributed by atoms with van der Waals surface area (Å²) in [5, 5.41) is 8.80. The minimum atomic E-state index is 0.595. The molecule has 0 aliphatic carbocycles. The van der Waals surface area contributed by atoms with Crippen LogP contribution in [0.3, 0.4) is 0 Å². The number of rotatable bonds is 11. The average Bonchev–Trinajstić information content (AvgIpc) is 3.04. The first kappa shape index (κ1) is 21.3. The Morgan fingerprint density at radius 1 is 1.21 bits per heavy atom. The summed E-state index contributed by atoms with van der Waals surface area (Å²) in [7, 11) is 1.83. The highest BCUT2D eigenvalue weighted by Gasteiger charge is 2.12. The van der Waals surface area contributed by atoms with E-state index < -0.39 is 0 Å². The van der Waals surface area contributed by atoms with Crippen LogP contribution in [0.15, 0.2) is 20.9 Å². The van der Waals surface area contributed by atoms with E-state index in [4.69, 9.17) is 0 Å². The molecular formula is C17H33N5S2. The second-order valence-corrected chi connectivity index (χ2v) is 8.44. The normalized spacial score (nSPS) is 12.4. The first-order valence-corrected chi connectivity index (χ1v) is 10.6. The summed E-state index contributed by atoms with van der Waals surface area (Å²) >= 11 is 3.52. The number of nitrogens with one attached hydrogen (secondary N) is 2. The molecule has 0 unspecified atom stereocenters. The Morgan fingerprint density at radius 3 is 2.42 bits per heavy atom. The lowest BCUT2D eigenvalue weighted by Crippen LogP contribution is -2.41. The third-order valence-electron chi connectivity index (χ3n) is 3.68. The lowest BCUT2D eigenvalue weighted by Gasteiger charge is -2.30. The smallest absolute Gasteiger partial charge is 0.190 e. The van der Waals surface area contributed by atoms with Gasteiger partial charge in [-0.25, -0.2) is 4.98 Å². The molecule has 1 aromatic rings. The van der Waals surface area contributed by atoms with Gasteiger partial charge in [0.05, 0.1) is 0 Å². The van der Waals surface area contributed by atoms with Crippen molar-refractivity contribution in [3.8, 4) is 0 Å². The Balaban J connectivity index is 2.09. The summed E-state index contributed by atoms with van der Waals surface area (Å²) in [6.45, 7) is 12.0. The maximum absolute atomic E-state index is 4.29. The molecule has 138 valence electrons. The highest BCUT2D eigenvalue weighted by atomic mass is 32.2. The second-order valence-electron chi connectivity index (χ2n) is 6.20. The predicted molar refractivity (Wildman–Crippen MR) is 108 cm³/mol. The molecule has 0 saturated carbocycles. The molecule has 5 nitrogen and oxygen atoms in total. The number of aromatic nitrogens is 1. The third-order valence-corrected chi connectivity index (χ3v) is 5.74. The molecule has 0 aliphatic heterocycles. The molecule has 24 heavy (non-hydrogen) atoms. The van der Waals surface area contributed by atoms with Gasteiger partial charge < -0.3 is 10.6 Å². The van der Waals surface area contributed by atoms with Crippen molar-refractivity contribution in [3.63, 3.8) is 0 Å². The van der Waals surface area contributed by atoms with Gasteiger partial charge in [-0.3, -0.25) is 9.89 Å². The maximum atomic E-state index is 4.29. The van der Waals surface area contributed by atoms with Crippen LogP contribution in [0.4, 0.5) is 0 Å². The molecular weight excluding hydrogens is 338 g/mol. The van der Waals surface area contributed by atoms with Gasteiger partial charge in [-0.05, 0) is 40.5 Å². The molecule has 0 aliphatic rings. The zero-order valence-corrected chi connectivity index (χ0v) is 17.3.